The van der Waals surface area contributed by atoms with Gasteiger partial charge in [0.25, 0.3) is 0 Å². The number of rotatable bonds is 3. The smallest absolute Gasteiger partial charge is 0.418 e. The van der Waals surface area contributed by atoms with Gasteiger partial charge >= 0.3 is 6.09 Å². The molecule has 0 spiro atoms. The SMILES string of the molecule is C=COC(=O)N(N)CCO. The van der Waals surface area contributed by atoms with E-state index in [0.717, 1.165) is 11.3 Å². The Balaban J connectivity index is 3.58. The number of nitrogens with two attached hydrogens (primary N) is 1. The van der Waals surface area contributed by atoms with E-state index in [1.807, 2.05) is 0 Å². The number of amides is 1. The van der Waals surface area contributed by atoms with Gasteiger partial charge in [0.05, 0.1) is 19.4 Å². The Bertz CT molecular complexity index is 126. The molecule has 0 saturated heterocycles. The summed E-state index contributed by atoms with van der Waals surface area (Å²) in [6, 6.07) is 0. The second-order valence-corrected chi connectivity index (χ2v) is 1.47. The van der Waals surface area contributed by atoms with E-state index < -0.39 is 6.09 Å². The van der Waals surface area contributed by atoms with Crippen LogP contribution < -0.4 is 5.84 Å². The molecule has 5 nitrogen and oxygen atoms in total. The highest BCUT2D eigenvalue weighted by Crippen LogP contribution is 1.85. The van der Waals surface area contributed by atoms with Crippen LogP contribution in [0.15, 0.2) is 12.8 Å². The van der Waals surface area contributed by atoms with Gasteiger partial charge in [-0.25, -0.2) is 15.6 Å². The fraction of sp³-hybridized carbons (Fsp3) is 0.400. The lowest BCUT2D eigenvalue weighted by Crippen LogP contribution is -2.39. The van der Waals surface area contributed by atoms with E-state index >= 15 is 0 Å². The molecule has 10 heavy (non-hydrogen) atoms. The van der Waals surface area contributed by atoms with Crippen molar-refractivity contribution >= 4 is 6.09 Å². The summed E-state index contributed by atoms with van der Waals surface area (Å²) in [5.41, 5.74) is 0. The minimum absolute atomic E-state index is 0.0483. The molecule has 0 aliphatic heterocycles. The summed E-state index contributed by atoms with van der Waals surface area (Å²) in [7, 11) is 0. The van der Waals surface area contributed by atoms with Gasteiger partial charge in [0.2, 0.25) is 0 Å². The average Bonchev–Trinajstić information content (AvgIpc) is 1.89. The molecule has 0 radical (unpaired) electrons. The topological polar surface area (TPSA) is 75.8 Å². The maximum Gasteiger partial charge on any atom is 0.428 e. The van der Waals surface area contributed by atoms with E-state index in [1.54, 1.807) is 0 Å². The normalized spacial score (nSPS) is 8.60. The van der Waals surface area contributed by atoms with Gasteiger partial charge in [-0.15, -0.1) is 0 Å². The maximum atomic E-state index is 10.5. The predicted molar refractivity (Wildman–Crippen MR) is 34.7 cm³/mol. The predicted octanol–water partition coefficient (Wildman–Crippen LogP) is -0.565. The number of aliphatic hydroxyl groups is 1. The molecule has 3 N–H and O–H groups in total. The Kier molecular flexibility index (Phi) is 4.26. The number of hydrogen-bond donors (Lipinski definition) is 2. The molecule has 0 atom stereocenters. The van der Waals surface area contributed by atoms with Gasteiger partial charge < -0.3 is 9.84 Å². The summed E-state index contributed by atoms with van der Waals surface area (Å²) in [5, 5.41) is 9.05. The van der Waals surface area contributed by atoms with Gasteiger partial charge in [0.1, 0.15) is 0 Å². The van der Waals surface area contributed by atoms with Crippen LogP contribution in [0, 0.1) is 0 Å². The zero-order valence-electron chi connectivity index (χ0n) is 5.49. The van der Waals surface area contributed by atoms with Crippen molar-refractivity contribution in [1.29, 1.82) is 0 Å². The van der Waals surface area contributed by atoms with Crippen LogP contribution in [0.25, 0.3) is 0 Å². The van der Waals surface area contributed by atoms with Crippen molar-refractivity contribution in [1.82, 2.24) is 5.01 Å². The number of nitrogens with zero attached hydrogens (tertiary/aromatic N) is 1. The van der Waals surface area contributed by atoms with Crippen LogP contribution in [-0.2, 0) is 4.74 Å². The minimum Gasteiger partial charge on any atom is -0.418 e. The fourth-order valence-corrected chi connectivity index (χ4v) is 0.338. The molecule has 0 unspecified atom stereocenters. The molecule has 0 saturated carbocycles. The van der Waals surface area contributed by atoms with Crippen molar-refractivity contribution < 1.29 is 14.6 Å². The lowest BCUT2D eigenvalue weighted by Gasteiger charge is -2.11. The molecule has 0 rings (SSSR count). The second kappa shape index (κ2) is 4.78. The van der Waals surface area contributed by atoms with Gasteiger partial charge in [-0.05, 0) is 0 Å². The van der Waals surface area contributed by atoms with Gasteiger partial charge in [-0.1, -0.05) is 6.58 Å². The van der Waals surface area contributed by atoms with E-state index in [9.17, 15) is 4.79 Å². The van der Waals surface area contributed by atoms with Crippen LogP contribution in [0.5, 0.6) is 0 Å². The summed E-state index contributed by atoms with van der Waals surface area (Å²) in [6.07, 6.45) is 0.239. The lowest BCUT2D eigenvalue weighted by atomic mass is 10.7. The third kappa shape index (κ3) is 3.06. The molecular weight excluding hydrogens is 136 g/mol. The highest BCUT2D eigenvalue weighted by molar-refractivity contribution is 5.67. The molecular formula is C5H10N2O3. The Labute approximate surface area is 58.6 Å². The van der Waals surface area contributed by atoms with Gasteiger partial charge in [0.15, 0.2) is 0 Å². The van der Waals surface area contributed by atoms with Crippen LogP contribution in [-0.4, -0.2) is 29.4 Å². The van der Waals surface area contributed by atoms with E-state index in [0.29, 0.717) is 0 Å². The van der Waals surface area contributed by atoms with Crippen LogP contribution in [0.1, 0.15) is 0 Å². The zero-order valence-corrected chi connectivity index (χ0v) is 5.49. The van der Waals surface area contributed by atoms with Crippen LogP contribution in [0.3, 0.4) is 0 Å². The molecule has 0 aromatic rings. The number of hydrogen-bond acceptors (Lipinski definition) is 4. The van der Waals surface area contributed by atoms with Crippen LogP contribution >= 0.6 is 0 Å². The van der Waals surface area contributed by atoms with Crippen molar-refractivity contribution in [3.8, 4) is 0 Å². The monoisotopic (exact) mass is 146 g/mol. The van der Waals surface area contributed by atoms with E-state index in [4.69, 9.17) is 10.9 Å². The molecule has 0 aliphatic rings. The van der Waals surface area contributed by atoms with Crippen LogP contribution in [0.4, 0.5) is 4.79 Å². The summed E-state index contributed by atoms with van der Waals surface area (Å²) in [4.78, 5) is 10.5. The van der Waals surface area contributed by atoms with Crippen LogP contribution in [0.2, 0.25) is 0 Å². The molecule has 0 aliphatic carbocycles. The third-order valence-corrected chi connectivity index (χ3v) is 0.760. The van der Waals surface area contributed by atoms with Gasteiger partial charge in [-0.3, -0.25) is 0 Å². The number of aliphatic hydroxyl groups excluding tert-OH is 1. The Morgan fingerprint density at radius 3 is 2.90 bits per heavy atom. The van der Waals surface area contributed by atoms with E-state index in [2.05, 4.69) is 11.3 Å². The van der Waals surface area contributed by atoms with Crippen molar-refractivity contribution in [3.05, 3.63) is 12.8 Å². The van der Waals surface area contributed by atoms with Crippen molar-refractivity contribution in [2.75, 3.05) is 13.2 Å². The first kappa shape index (κ1) is 8.93. The number of carbonyl (C=O) groups excluding carboxylic acids is 1. The standard InChI is InChI=1S/C5H10N2O3/c1-2-10-5(9)7(6)3-4-8/h2,8H,1,3-4,6H2. The number of hydrazine groups is 1. The quantitative estimate of drug-likeness (QED) is 0.242. The first-order valence-corrected chi connectivity index (χ1v) is 2.67. The molecule has 0 heterocycles. The Morgan fingerprint density at radius 1 is 1.90 bits per heavy atom. The highest BCUT2D eigenvalue weighted by Gasteiger charge is 2.06. The summed E-state index contributed by atoms with van der Waals surface area (Å²) >= 11 is 0. The third-order valence-electron chi connectivity index (χ3n) is 0.760. The Morgan fingerprint density at radius 2 is 2.50 bits per heavy atom. The summed E-state index contributed by atoms with van der Waals surface area (Å²) < 4.78 is 4.27. The molecule has 0 bridgehead atoms. The number of ether oxygens (including phenoxy) is 1. The largest absolute Gasteiger partial charge is 0.428 e. The second-order valence-electron chi connectivity index (χ2n) is 1.47. The lowest BCUT2D eigenvalue weighted by molar-refractivity contribution is 0.126. The fourth-order valence-electron chi connectivity index (χ4n) is 0.338. The van der Waals surface area contributed by atoms with Crippen molar-refractivity contribution in [2.24, 2.45) is 5.84 Å². The van der Waals surface area contributed by atoms with Crippen molar-refractivity contribution in [2.45, 2.75) is 0 Å². The first-order chi connectivity index (χ1) is 4.72. The molecule has 0 aromatic carbocycles. The van der Waals surface area contributed by atoms with Gasteiger partial charge in [-0.2, -0.15) is 0 Å². The van der Waals surface area contributed by atoms with Gasteiger partial charge in [0, 0.05) is 0 Å². The Hall–Kier alpha value is -1.07. The first-order valence-electron chi connectivity index (χ1n) is 2.67. The zero-order chi connectivity index (χ0) is 7.98. The molecule has 1 amide bonds. The van der Waals surface area contributed by atoms with E-state index in [-0.39, 0.29) is 13.2 Å². The molecule has 0 fully saturated rings. The number of carbonyl (C=O) groups is 1. The highest BCUT2D eigenvalue weighted by atomic mass is 16.5. The summed E-state index contributed by atoms with van der Waals surface area (Å²) in [6.45, 7) is 3.01. The minimum atomic E-state index is -0.732. The van der Waals surface area contributed by atoms with E-state index in [1.165, 1.54) is 0 Å². The maximum absolute atomic E-state index is 10.5. The molecule has 58 valence electrons. The average molecular weight is 146 g/mol. The van der Waals surface area contributed by atoms with Crippen molar-refractivity contribution in [3.63, 3.8) is 0 Å². The molecule has 5 heteroatoms. The molecule has 0 aromatic heterocycles. The summed E-state index contributed by atoms with van der Waals surface area (Å²) in [5.74, 6) is 5.06.